The zero-order chi connectivity index (χ0) is 7.65. The summed E-state index contributed by atoms with van der Waals surface area (Å²) in [5.74, 6) is 0. The first-order chi connectivity index (χ1) is 3.85. The van der Waals surface area contributed by atoms with Gasteiger partial charge in [-0.2, -0.15) is 0 Å². The molecular weight excluding hydrogens is 183 g/mol. The fraction of sp³-hybridized carbons (Fsp3) is 1.00. The molecule has 2 nitrogen and oxygen atoms in total. The van der Waals surface area contributed by atoms with Crippen molar-refractivity contribution in [1.82, 2.24) is 0 Å². The molecule has 4 heteroatoms. The van der Waals surface area contributed by atoms with Crippen LogP contribution in [0.4, 0.5) is 0 Å². The zero-order valence-electron chi connectivity index (χ0n) is 6.93. The van der Waals surface area contributed by atoms with Gasteiger partial charge in [0.15, 0.2) is 8.03 Å². The minimum Gasteiger partial charge on any atom is -0.346 e. The quantitative estimate of drug-likeness (QED) is 0.515. The first-order valence-corrected chi connectivity index (χ1v) is 4.52. The molecule has 0 aromatic carbocycles. The maximum Gasteiger partial charge on any atom is 0.192 e. The van der Waals surface area contributed by atoms with Crippen LogP contribution < -0.4 is 0 Å². The van der Waals surface area contributed by atoms with Crippen LogP contribution in [0, 0.1) is 5.41 Å². The van der Waals surface area contributed by atoms with Gasteiger partial charge in [-0.3, -0.25) is 4.57 Å². The first kappa shape index (κ1) is 13.5. The summed E-state index contributed by atoms with van der Waals surface area (Å²) in [6.07, 6.45) is 0. The third-order valence-corrected chi connectivity index (χ3v) is 3.28. The van der Waals surface area contributed by atoms with Gasteiger partial charge in [-0.05, 0) is 5.41 Å². The van der Waals surface area contributed by atoms with Crippen molar-refractivity contribution in [2.75, 3.05) is 0 Å². The first-order valence-electron chi connectivity index (χ1n) is 3.08. The van der Waals surface area contributed by atoms with Crippen molar-refractivity contribution < 1.29 is 31.2 Å². The summed E-state index contributed by atoms with van der Waals surface area (Å²) in [4.78, 5) is 8.70. The molecule has 2 unspecified atom stereocenters. The van der Waals surface area contributed by atoms with Crippen LogP contribution in [0.15, 0.2) is 0 Å². The average Bonchev–Trinajstić information content (AvgIpc) is 1.62. The zero-order valence-corrected chi connectivity index (χ0v) is 9.49. The molecule has 1 N–H and O–H groups in total. The van der Waals surface area contributed by atoms with E-state index in [2.05, 4.69) is 0 Å². The second kappa shape index (κ2) is 4.72. The van der Waals surface area contributed by atoms with Gasteiger partial charge in [-0.25, -0.2) is 0 Å². The molecule has 0 aliphatic heterocycles. The van der Waals surface area contributed by atoms with Crippen molar-refractivity contribution in [1.29, 1.82) is 0 Å². The van der Waals surface area contributed by atoms with E-state index in [1.165, 1.54) is 0 Å². The molecule has 0 aromatic rings. The molecule has 0 spiro atoms. The standard InChI is InChI=1S/C6H15O2P.Ti/c1-5(9(7)8)6(2,3)4;/h5,9H,1-4H3,(H,7,8);. The Hall–Kier alpha value is 0.904. The molecule has 0 aliphatic rings. The van der Waals surface area contributed by atoms with Crippen LogP contribution in [0.1, 0.15) is 27.7 Å². The van der Waals surface area contributed by atoms with E-state index in [-0.39, 0.29) is 32.8 Å². The molecule has 60 valence electrons. The Bertz CT molecular complexity index is 119. The Kier molecular flexibility index (Phi) is 6.36. The Morgan fingerprint density at radius 2 is 1.70 bits per heavy atom. The van der Waals surface area contributed by atoms with E-state index < -0.39 is 8.03 Å². The van der Waals surface area contributed by atoms with E-state index in [4.69, 9.17) is 4.89 Å². The van der Waals surface area contributed by atoms with E-state index >= 15 is 0 Å². The molecular formula is C6H15O2PTi. The predicted octanol–water partition coefficient (Wildman–Crippen LogP) is 1.89. The van der Waals surface area contributed by atoms with Gasteiger partial charge in [0.2, 0.25) is 0 Å². The van der Waals surface area contributed by atoms with Gasteiger partial charge in [0.25, 0.3) is 0 Å². The molecule has 0 bridgehead atoms. The van der Waals surface area contributed by atoms with Crippen LogP contribution in [0.5, 0.6) is 0 Å². The number of rotatable bonds is 1. The molecule has 0 heterocycles. The third kappa shape index (κ3) is 4.68. The Morgan fingerprint density at radius 1 is 1.40 bits per heavy atom. The third-order valence-electron chi connectivity index (χ3n) is 1.67. The van der Waals surface area contributed by atoms with Crippen molar-refractivity contribution in [3.05, 3.63) is 0 Å². The molecule has 0 amide bonds. The van der Waals surface area contributed by atoms with Gasteiger partial charge in [0.1, 0.15) is 0 Å². The molecule has 0 radical (unpaired) electrons. The molecule has 0 saturated heterocycles. The summed E-state index contributed by atoms with van der Waals surface area (Å²) in [5, 5.41) is 0. The van der Waals surface area contributed by atoms with Crippen LogP contribution in [-0.2, 0) is 26.3 Å². The van der Waals surface area contributed by atoms with Gasteiger partial charge in [0, 0.05) is 27.4 Å². The van der Waals surface area contributed by atoms with Crippen LogP contribution in [0.3, 0.4) is 0 Å². The second-order valence-electron chi connectivity index (χ2n) is 3.43. The topological polar surface area (TPSA) is 37.3 Å². The van der Waals surface area contributed by atoms with E-state index in [0.717, 1.165) is 0 Å². The summed E-state index contributed by atoms with van der Waals surface area (Å²) < 4.78 is 10.5. The summed E-state index contributed by atoms with van der Waals surface area (Å²) in [6, 6.07) is 0. The molecule has 0 fully saturated rings. The van der Waals surface area contributed by atoms with Gasteiger partial charge < -0.3 is 4.89 Å². The van der Waals surface area contributed by atoms with E-state index in [1.807, 2.05) is 20.8 Å². The minimum absolute atomic E-state index is 0. The van der Waals surface area contributed by atoms with Crippen molar-refractivity contribution in [2.24, 2.45) is 5.41 Å². The van der Waals surface area contributed by atoms with Crippen LogP contribution in [0.2, 0.25) is 0 Å². The largest absolute Gasteiger partial charge is 0.346 e. The monoisotopic (exact) mass is 198 g/mol. The smallest absolute Gasteiger partial charge is 0.192 e. The molecule has 0 aliphatic carbocycles. The van der Waals surface area contributed by atoms with Crippen LogP contribution in [0.25, 0.3) is 0 Å². The van der Waals surface area contributed by atoms with Crippen molar-refractivity contribution in [3.8, 4) is 0 Å². The molecule has 0 rings (SSSR count). The number of hydrogen-bond donors (Lipinski definition) is 1. The fourth-order valence-corrected chi connectivity index (χ4v) is 1.11. The second-order valence-corrected chi connectivity index (χ2v) is 4.97. The normalized spacial score (nSPS) is 17.3. The summed E-state index contributed by atoms with van der Waals surface area (Å²) >= 11 is 0. The minimum atomic E-state index is -2.32. The molecule has 0 saturated carbocycles. The van der Waals surface area contributed by atoms with Crippen LogP contribution >= 0.6 is 8.03 Å². The Morgan fingerprint density at radius 3 is 1.70 bits per heavy atom. The predicted molar refractivity (Wildman–Crippen MR) is 40.1 cm³/mol. The van der Waals surface area contributed by atoms with Gasteiger partial charge in [-0.15, -0.1) is 0 Å². The van der Waals surface area contributed by atoms with Gasteiger partial charge in [-0.1, -0.05) is 27.7 Å². The maximum atomic E-state index is 10.5. The molecule has 2 atom stereocenters. The summed E-state index contributed by atoms with van der Waals surface area (Å²) in [6.45, 7) is 7.71. The van der Waals surface area contributed by atoms with Crippen LogP contribution in [-0.4, -0.2) is 10.6 Å². The van der Waals surface area contributed by atoms with E-state index in [0.29, 0.717) is 0 Å². The van der Waals surface area contributed by atoms with Crippen molar-refractivity contribution in [2.45, 2.75) is 33.4 Å². The summed E-state index contributed by atoms with van der Waals surface area (Å²) in [7, 11) is -2.32. The van der Waals surface area contributed by atoms with E-state index in [9.17, 15) is 4.57 Å². The number of hydrogen-bond acceptors (Lipinski definition) is 1. The SMILES string of the molecule is CC([PH](=O)O)C(C)(C)C.[Ti]. The van der Waals surface area contributed by atoms with Gasteiger partial charge >= 0.3 is 0 Å². The van der Waals surface area contributed by atoms with E-state index in [1.54, 1.807) is 6.92 Å². The fourth-order valence-electron chi connectivity index (χ4n) is 0.370. The van der Waals surface area contributed by atoms with Crippen molar-refractivity contribution in [3.63, 3.8) is 0 Å². The average molecular weight is 198 g/mol. The Labute approximate surface area is 78.2 Å². The molecule has 0 aromatic heterocycles. The molecule has 10 heavy (non-hydrogen) atoms. The van der Waals surface area contributed by atoms with Crippen molar-refractivity contribution >= 4 is 8.03 Å². The summed E-state index contributed by atoms with van der Waals surface area (Å²) in [5.41, 5.74) is -0.118. The maximum absolute atomic E-state index is 10.5. The van der Waals surface area contributed by atoms with Gasteiger partial charge in [0.05, 0.1) is 0 Å². The Balaban J connectivity index is 0.